The first-order valence-electron chi connectivity index (χ1n) is 13.6. The summed E-state index contributed by atoms with van der Waals surface area (Å²) < 4.78 is 6.11. The third-order valence-electron chi connectivity index (χ3n) is 7.26. The smallest absolute Gasteiger partial charge is 0.308 e. The second-order valence-electron chi connectivity index (χ2n) is 10.3. The number of rotatable bonds is 3. The molecule has 7 heteroatoms. The van der Waals surface area contributed by atoms with Crippen LogP contribution < -0.4 is 4.74 Å². The van der Waals surface area contributed by atoms with Crippen LogP contribution in [-0.4, -0.2) is 25.9 Å². The van der Waals surface area contributed by atoms with Gasteiger partial charge in [-0.3, -0.25) is 4.79 Å². The highest BCUT2D eigenvalue weighted by Gasteiger charge is 2.15. The Morgan fingerprint density at radius 1 is 0.690 bits per heavy atom. The number of benzene rings is 2. The van der Waals surface area contributed by atoms with Gasteiger partial charge >= 0.3 is 5.97 Å². The van der Waals surface area contributed by atoms with Gasteiger partial charge in [-0.2, -0.15) is 0 Å². The van der Waals surface area contributed by atoms with Crippen molar-refractivity contribution >= 4 is 68.3 Å². The molecule has 0 amide bonds. The van der Waals surface area contributed by atoms with Crippen LogP contribution in [0.5, 0.6) is 5.75 Å². The number of hydrogen-bond donors (Lipinski definition) is 2. The number of halogens is 1. The number of hydrogen-bond acceptors (Lipinski definition) is 4. The lowest BCUT2D eigenvalue weighted by Crippen LogP contribution is -2.00. The third kappa shape index (κ3) is 4.88. The zero-order valence-corrected chi connectivity index (χ0v) is 24.5. The lowest BCUT2D eigenvalue weighted by Gasteiger charge is -2.06. The van der Waals surface area contributed by atoms with Crippen molar-refractivity contribution in [1.29, 1.82) is 0 Å². The molecule has 204 valence electrons. The lowest BCUT2D eigenvalue weighted by atomic mass is 10.0. The number of nitrogens with one attached hydrogen (secondary N) is 2. The number of aromatic nitrogens is 4. The maximum Gasteiger partial charge on any atom is 0.308 e. The topological polar surface area (TPSA) is 83.7 Å². The standard InChI is InChI=1S/C35H25BrN4O2/c1-20-3-5-22(6-4-20)33-27-13-9-24(37-27)19-25-10-14-28(38-25)34(23-7-11-26(12-8-23)42-21(2)41)30-16-18-32(40-30)35(36)31-17-15-29(33)39-31/h3-19,38-39H,1-2H3. The summed E-state index contributed by atoms with van der Waals surface area (Å²) in [5, 5.41) is 0. The summed E-state index contributed by atoms with van der Waals surface area (Å²) in [6, 6.07) is 26.3. The van der Waals surface area contributed by atoms with E-state index in [-0.39, 0.29) is 5.97 Å². The van der Waals surface area contributed by atoms with Crippen molar-refractivity contribution in [2.75, 3.05) is 0 Å². The van der Waals surface area contributed by atoms with E-state index in [1.165, 1.54) is 12.5 Å². The van der Waals surface area contributed by atoms with Gasteiger partial charge in [0.1, 0.15) is 5.75 Å². The second-order valence-corrected chi connectivity index (χ2v) is 11.1. The molecule has 0 unspecified atom stereocenters. The van der Waals surface area contributed by atoms with E-state index in [1.807, 2.05) is 42.5 Å². The van der Waals surface area contributed by atoms with Crippen LogP contribution in [-0.2, 0) is 4.79 Å². The Kier molecular flexibility index (Phi) is 6.44. The van der Waals surface area contributed by atoms with Gasteiger partial charge < -0.3 is 14.7 Å². The van der Waals surface area contributed by atoms with Crippen molar-refractivity contribution in [2.45, 2.75) is 13.8 Å². The fraction of sp³-hybridized carbons (Fsp3) is 0.0571. The molecular weight excluding hydrogens is 588 g/mol. The van der Waals surface area contributed by atoms with Crippen molar-refractivity contribution in [2.24, 2.45) is 0 Å². The van der Waals surface area contributed by atoms with Crippen LogP contribution in [0.25, 0.3) is 68.6 Å². The van der Waals surface area contributed by atoms with Crippen LogP contribution in [0, 0.1) is 6.92 Å². The van der Waals surface area contributed by atoms with E-state index >= 15 is 0 Å². The number of aryl methyl sites for hydroxylation is 1. The minimum atomic E-state index is -0.354. The van der Waals surface area contributed by atoms with Gasteiger partial charge in [-0.05, 0) is 101 Å². The summed E-state index contributed by atoms with van der Waals surface area (Å²) >= 11 is 3.82. The summed E-state index contributed by atoms with van der Waals surface area (Å²) in [6.45, 7) is 3.48. The van der Waals surface area contributed by atoms with E-state index in [4.69, 9.17) is 14.7 Å². The summed E-state index contributed by atoms with van der Waals surface area (Å²) in [5.74, 6) is 0.142. The Hall–Kier alpha value is -5.01. The first kappa shape index (κ1) is 25.9. The van der Waals surface area contributed by atoms with Crippen LogP contribution in [0.3, 0.4) is 0 Å². The average Bonchev–Trinajstić information content (AvgIpc) is 3.79. The molecule has 0 spiro atoms. The third-order valence-corrected chi connectivity index (χ3v) is 8.09. The van der Waals surface area contributed by atoms with E-state index in [1.54, 1.807) is 12.1 Å². The number of fused-ring (bicyclic) bond motifs is 8. The van der Waals surface area contributed by atoms with Crippen LogP contribution in [0.1, 0.15) is 35.3 Å². The van der Waals surface area contributed by atoms with Gasteiger partial charge in [0.05, 0.1) is 32.8 Å². The molecule has 6 nitrogen and oxygen atoms in total. The normalized spacial score (nSPS) is 12.1. The molecule has 0 atom stereocenters. The number of aromatic amines is 2. The number of nitrogens with zero attached hydrogens (tertiary/aromatic N) is 2. The van der Waals surface area contributed by atoms with Crippen molar-refractivity contribution in [3.8, 4) is 28.0 Å². The fourth-order valence-corrected chi connectivity index (χ4v) is 5.74. The molecule has 0 fully saturated rings. The van der Waals surface area contributed by atoms with E-state index in [2.05, 4.69) is 81.4 Å². The second kappa shape index (κ2) is 10.4. The van der Waals surface area contributed by atoms with Crippen LogP contribution in [0.2, 0.25) is 0 Å². The minimum absolute atomic E-state index is 0.354. The number of H-pyrrole nitrogens is 2. The van der Waals surface area contributed by atoms with Gasteiger partial charge in [0.15, 0.2) is 0 Å². The summed E-state index contributed by atoms with van der Waals surface area (Å²) in [6.07, 6.45) is 8.13. The van der Waals surface area contributed by atoms with Crippen LogP contribution in [0.15, 0.2) is 83.3 Å². The van der Waals surface area contributed by atoms with Crippen molar-refractivity contribution in [3.05, 3.63) is 112 Å². The van der Waals surface area contributed by atoms with E-state index in [0.717, 1.165) is 71.6 Å². The molecular formula is C35H25BrN4O2. The number of carbonyl (C=O) groups is 1. The lowest BCUT2D eigenvalue weighted by molar-refractivity contribution is -0.131. The molecule has 42 heavy (non-hydrogen) atoms. The van der Waals surface area contributed by atoms with Gasteiger partial charge in [0.25, 0.3) is 0 Å². The number of esters is 1. The molecule has 0 aliphatic carbocycles. The summed E-state index contributed by atoms with van der Waals surface area (Å²) in [7, 11) is 0. The molecule has 2 aliphatic heterocycles. The SMILES string of the molecule is CC(=O)Oc1ccc(-c2c3nc(c(Br)c4ccc([nH]4)c(-c4ccc(C)cc4)c4nc(cc5ccc2[nH]5)C=C4)C=C3)cc1. The Morgan fingerprint density at radius 3 is 2.02 bits per heavy atom. The molecule has 0 radical (unpaired) electrons. The molecule has 3 aromatic heterocycles. The molecule has 0 saturated carbocycles. The summed E-state index contributed by atoms with van der Waals surface area (Å²) in [5.41, 5.74) is 12.3. The van der Waals surface area contributed by atoms with Crippen LogP contribution in [0.4, 0.5) is 0 Å². The number of carbonyl (C=O) groups excluding carboxylic acids is 1. The highest BCUT2D eigenvalue weighted by molar-refractivity contribution is 9.10. The fourth-order valence-electron chi connectivity index (χ4n) is 5.29. The zero-order valence-electron chi connectivity index (χ0n) is 22.9. The van der Waals surface area contributed by atoms with Gasteiger partial charge in [0, 0.05) is 34.6 Å². The molecule has 5 aromatic rings. The van der Waals surface area contributed by atoms with Gasteiger partial charge in [-0.25, -0.2) is 9.97 Å². The van der Waals surface area contributed by atoms with Crippen molar-refractivity contribution in [1.82, 2.24) is 19.9 Å². The van der Waals surface area contributed by atoms with E-state index in [9.17, 15) is 4.79 Å². The Balaban J connectivity index is 1.52. The number of ether oxygens (including phenoxy) is 1. The first-order chi connectivity index (χ1) is 20.4. The molecule has 2 N–H and O–H groups in total. The molecule has 5 heterocycles. The molecule has 2 aliphatic rings. The monoisotopic (exact) mass is 612 g/mol. The van der Waals surface area contributed by atoms with Crippen molar-refractivity contribution < 1.29 is 9.53 Å². The average molecular weight is 614 g/mol. The van der Waals surface area contributed by atoms with Gasteiger partial charge in [-0.1, -0.05) is 42.0 Å². The maximum atomic E-state index is 11.4. The molecule has 7 rings (SSSR count). The maximum absolute atomic E-state index is 11.4. The summed E-state index contributed by atoms with van der Waals surface area (Å²) in [4.78, 5) is 28.7. The predicted molar refractivity (Wildman–Crippen MR) is 173 cm³/mol. The highest BCUT2D eigenvalue weighted by atomic mass is 79.9. The minimum Gasteiger partial charge on any atom is -0.427 e. The van der Waals surface area contributed by atoms with Crippen LogP contribution >= 0.6 is 15.9 Å². The van der Waals surface area contributed by atoms with Gasteiger partial charge in [0.2, 0.25) is 0 Å². The quantitative estimate of drug-likeness (QED) is 0.154. The Morgan fingerprint density at radius 2 is 1.29 bits per heavy atom. The highest BCUT2D eigenvalue weighted by Crippen LogP contribution is 2.35. The molecule has 0 saturated heterocycles. The zero-order chi connectivity index (χ0) is 28.8. The van der Waals surface area contributed by atoms with Crippen molar-refractivity contribution in [3.63, 3.8) is 0 Å². The predicted octanol–water partition coefficient (Wildman–Crippen LogP) is 8.99. The van der Waals surface area contributed by atoms with E-state index < -0.39 is 0 Å². The Labute approximate surface area is 250 Å². The van der Waals surface area contributed by atoms with Gasteiger partial charge in [-0.15, -0.1) is 0 Å². The van der Waals surface area contributed by atoms with E-state index in [0.29, 0.717) is 5.75 Å². The molecule has 8 bridgehead atoms. The Bertz CT molecular complexity index is 2100. The molecule has 2 aromatic carbocycles. The largest absolute Gasteiger partial charge is 0.427 e. The first-order valence-corrected chi connectivity index (χ1v) is 14.4.